The molecule has 0 unspecified atom stereocenters. The number of amides is 2. The summed E-state index contributed by atoms with van der Waals surface area (Å²) in [6, 6.07) is 19.7. The summed E-state index contributed by atoms with van der Waals surface area (Å²) in [7, 11) is 0. The molecule has 1 saturated heterocycles. The lowest BCUT2D eigenvalue weighted by molar-refractivity contribution is -0.117. The number of halogens is 2. The third-order valence-corrected chi connectivity index (χ3v) is 5.39. The summed E-state index contributed by atoms with van der Waals surface area (Å²) >= 11 is 12.7. The molecule has 0 saturated carbocycles. The van der Waals surface area contributed by atoms with E-state index in [2.05, 4.69) is 5.43 Å². The number of rotatable bonds is 7. The van der Waals surface area contributed by atoms with Crippen molar-refractivity contribution in [2.75, 3.05) is 18.2 Å². The van der Waals surface area contributed by atoms with E-state index in [0.717, 1.165) is 11.3 Å². The van der Waals surface area contributed by atoms with Gasteiger partial charge in [0.2, 0.25) is 0 Å². The van der Waals surface area contributed by atoms with Crippen LogP contribution in [0.5, 0.6) is 11.5 Å². The molecule has 2 amide bonds. The standard InChI is InChI=1S/C25H20Cl2N2O4/c1-16-6-5-9-19(12-16)32-10-11-33-23-21(26)14-17(15-22(23)27)13-20-24(30)28-29(25(20)31)18-7-3-2-4-8-18/h2-9,12-15H,10-11H2,1H3,(H,28,30)/b20-13+. The molecule has 1 N–H and O–H groups in total. The molecule has 1 heterocycles. The molecule has 0 aliphatic carbocycles. The van der Waals surface area contributed by atoms with Crippen LogP contribution in [0.2, 0.25) is 10.0 Å². The van der Waals surface area contributed by atoms with Crippen molar-refractivity contribution in [2.45, 2.75) is 6.92 Å². The molecule has 6 nitrogen and oxygen atoms in total. The lowest BCUT2D eigenvalue weighted by Crippen LogP contribution is -2.35. The third-order valence-electron chi connectivity index (χ3n) is 4.83. The number of para-hydroxylation sites is 1. The molecule has 0 radical (unpaired) electrons. The van der Waals surface area contributed by atoms with Crippen LogP contribution in [0.4, 0.5) is 5.69 Å². The van der Waals surface area contributed by atoms with Crippen LogP contribution in [0, 0.1) is 6.92 Å². The van der Waals surface area contributed by atoms with E-state index in [1.54, 1.807) is 36.4 Å². The fourth-order valence-electron chi connectivity index (χ4n) is 3.29. The van der Waals surface area contributed by atoms with E-state index in [0.29, 0.717) is 23.6 Å². The lowest BCUT2D eigenvalue weighted by Gasteiger charge is -2.14. The van der Waals surface area contributed by atoms with Gasteiger partial charge in [-0.2, -0.15) is 0 Å². The smallest absolute Gasteiger partial charge is 0.282 e. The van der Waals surface area contributed by atoms with Gasteiger partial charge in [0.05, 0.1) is 15.7 Å². The van der Waals surface area contributed by atoms with Crippen LogP contribution in [-0.2, 0) is 9.59 Å². The number of carbonyl (C=O) groups is 2. The second kappa shape index (κ2) is 9.98. The molecular weight excluding hydrogens is 463 g/mol. The van der Waals surface area contributed by atoms with Crippen molar-refractivity contribution >= 4 is 46.8 Å². The van der Waals surface area contributed by atoms with Gasteiger partial charge in [0.1, 0.15) is 24.5 Å². The highest BCUT2D eigenvalue weighted by molar-refractivity contribution is 6.37. The fraction of sp³-hybridized carbons (Fsp3) is 0.120. The minimum Gasteiger partial charge on any atom is -0.490 e. The number of ether oxygens (including phenoxy) is 2. The predicted octanol–water partition coefficient (Wildman–Crippen LogP) is 5.22. The third kappa shape index (κ3) is 5.30. The van der Waals surface area contributed by atoms with Gasteiger partial charge in [0, 0.05) is 0 Å². The molecule has 3 aromatic carbocycles. The zero-order valence-corrected chi connectivity index (χ0v) is 19.2. The first-order valence-electron chi connectivity index (χ1n) is 10.2. The Morgan fingerprint density at radius 1 is 0.909 bits per heavy atom. The lowest BCUT2D eigenvalue weighted by atomic mass is 10.1. The number of nitrogens with one attached hydrogen (secondary N) is 1. The van der Waals surface area contributed by atoms with Gasteiger partial charge >= 0.3 is 0 Å². The van der Waals surface area contributed by atoms with Gasteiger partial charge in [-0.3, -0.25) is 15.0 Å². The molecule has 0 aromatic heterocycles. The van der Waals surface area contributed by atoms with Crippen LogP contribution in [-0.4, -0.2) is 25.0 Å². The monoisotopic (exact) mass is 482 g/mol. The van der Waals surface area contributed by atoms with E-state index >= 15 is 0 Å². The second-order valence-electron chi connectivity index (χ2n) is 7.30. The number of nitrogens with zero attached hydrogens (tertiary/aromatic N) is 1. The number of carbonyl (C=O) groups excluding carboxylic acids is 2. The maximum absolute atomic E-state index is 12.7. The zero-order chi connectivity index (χ0) is 23.4. The van der Waals surface area contributed by atoms with E-state index in [9.17, 15) is 9.59 Å². The molecule has 0 atom stereocenters. The van der Waals surface area contributed by atoms with Crippen molar-refractivity contribution in [3.05, 3.63) is 93.5 Å². The van der Waals surface area contributed by atoms with Crippen molar-refractivity contribution in [2.24, 2.45) is 0 Å². The van der Waals surface area contributed by atoms with Gasteiger partial charge in [-0.15, -0.1) is 0 Å². The zero-order valence-electron chi connectivity index (χ0n) is 17.7. The van der Waals surface area contributed by atoms with Gasteiger partial charge in [-0.05, 0) is 60.5 Å². The number of hydrazine groups is 1. The van der Waals surface area contributed by atoms with Crippen LogP contribution in [0.15, 0.2) is 72.3 Å². The van der Waals surface area contributed by atoms with Crippen molar-refractivity contribution in [3.8, 4) is 11.5 Å². The Labute approximate surface area is 201 Å². The summed E-state index contributed by atoms with van der Waals surface area (Å²) in [5, 5.41) is 1.72. The van der Waals surface area contributed by atoms with Gasteiger partial charge in [-0.25, -0.2) is 5.01 Å². The minimum absolute atomic E-state index is 0.0220. The molecule has 1 fully saturated rings. The number of anilines is 1. The second-order valence-corrected chi connectivity index (χ2v) is 8.12. The van der Waals surface area contributed by atoms with Crippen LogP contribution < -0.4 is 19.9 Å². The number of hydrogen-bond acceptors (Lipinski definition) is 4. The average Bonchev–Trinajstić information content (AvgIpc) is 3.07. The average molecular weight is 483 g/mol. The molecule has 3 aromatic rings. The van der Waals surface area contributed by atoms with E-state index < -0.39 is 11.8 Å². The number of benzene rings is 3. The maximum atomic E-state index is 12.7. The molecule has 8 heteroatoms. The van der Waals surface area contributed by atoms with E-state index in [-0.39, 0.29) is 22.2 Å². The summed E-state index contributed by atoms with van der Waals surface area (Å²) in [6.07, 6.45) is 1.45. The van der Waals surface area contributed by atoms with Gasteiger partial charge < -0.3 is 9.47 Å². The summed E-state index contributed by atoms with van der Waals surface area (Å²) in [5.74, 6) is 0.0834. The Morgan fingerprint density at radius 3 is 2.30 bits per heavy atom. The van der Waals surface area contributed by atoms with E-state index in [1.807, 2.05) is 37.3 Å². The normalized spacial score (nSPS) is 14.5. The Hall–Kier alpha value is -3.48. The van der Waals surface area contributed by atoms with Crippen molar-refractivity contribution in [1.82, 2.24) is 5.43 Å². The molecule has 33 heavy (non-hydrogen) atoms. The molecule has 0 bridgehead atoms. The molecule has 4 rings (SSSR count). The minimum atomic E-state index is -0.510. The Balaban J connectivity index is 1.44. The summed E-state index contributed by atoms with van der Waals surface area (Å²) in [6.45, 7) is 2.54. The van der Waals surface area contributed by atoms with Gasteiger partial charge in [0.25, 0.3) is 11.8 Å². The van der Waals surface area contributed by atoms with Crippen molar-refractivity contribution < 1.29 is 19.1 Å². The van der Waals surface area contributed by atoms with Crippen LogP contribution in [0.1, 0.15) is 11.1 Å². The largest absolute Gasteiger partial charge is 0.490 e. The highest BCUT2D eigenvalue weighted by atomic mass is 35.5. The molecule has 1 aliphatic heterocycles. The summed E-state index contributed by atoms with van der Waals surface area (Å²) < 4.78 is 11.4. The van der Waals surface area contributed by atoms with Crippen molar-refractivity contribution in [3.63, 3.8) is 0 Å². The van der Waals surface area contributed by atoms with Crippen LogP contribution in [0.25, 0.3) is 6.08 Å². The fourth-order valence-corrected chi connectivity index (χ4v) is 3.91. The van der Waals surface area contributed by atoms with E-state index in [4.69, 9.17) is 32.7 Å². The number of aryl methyl sites for hydroxylation is 1. The summed E-state index contributed by atoms with van der Waals surface area (Å²) in [5.41, 5.74) is 4.70. The first kappa shape index (κ1) is 22.7. The Kier molecular flexibility index (Phi) is 6.87. The SMILES string of the molecule is Cc1cccc(OCCOc2c(Cl)cc(/C=C3\C(=O)NN(c4ccccc4)C3=O)cc2Cl)c1. The topological polar surface area (TPSA) is 67.9 Å². The molecule has 1 aliphatic rings. The highest BCUT2D eigenvalue weighted by Gasteiger charge is 2.34. The first-order valence-corrected chi connectivity index (χ1v) is 10.9. The maximum Gasteiger partial charge on any atom is 0.282 e. The molecule has 0 spiro atoms. The van der Waals surface area contributed by atoms with Gasteiger partial charge in [0.15, 0.2) is 5.75 Å². The summed E-state index contributed by atoms with van der Waals surface area (Å²) in [4.78, 5) is 25.1. The molecule has 168 valence electrons. The highest BCUT2D eigenvalue weighted by Crippen LogP contribution is 2.35. The van der Waals surface area contributed by atoms with Crippen molar-refractivity contribution in [1.29, 1.82) is 0 Å². The van der Waals surface area contributed by atoms with E-state index in [1.165, 1.54) is 11.1 Å². The Morgan fingerprint density at radius 2 is 1.61 bits per heavy atom. The molecular formula is C25H20Cl2N2O4. The Bertz CT molecular complexity index is 1210. The predicted molar refractivity (Wildman–Crippen MR) is 129 cm³/mol. The first-order chi connectivity index (χ1) is 15.9. The van der Waals surface area contributed by atoms with Crippen LogP contribution >= 0.6 is 23.2 Å². The number of hydrogen-bond donors (Lipinski definition) is 1. The van der Waals surface area contributed by atoms with Gasteiger partial charge in [-0.1, -0.05) is 53.5 Å². The van der Waals surface area contributed by atoms with Crippen LogP contribution in [0.3, 0.4) is 0 Å². The quantitative estimate of drug-likeness (QED) is 0.284.